The van der Waals surface area contributed by atoms with E-state index < -0.39 is 16.1 Å². The summed E-state index contributed by atoms with van der Waals surface area (Å²) in [5.74, 6) is 0. The molecule has 0 aliphatic rings. The Balaban J connectivity index is 2.77. The highest BCUT2D eigenvalue weighted by molar-refractivity contribution is 7.89. The van der Waals surface area contributed by atoms with Crippen LogP contribution in [0.1, 0.15) is 25.3 Å². The molecule has 0 radical (unpaired) electrons. The standard InChI is InChI=1S/C12H18ClNO3S/c1-3-11(15)6-7-14-18(16,17)12-8-10(13)5-4-9(12)2/h4-5,8,11,14-15H,3,6-7H2,1-2H3. The van der Waals surface area contributed by atoms with Crippen molar-refractivity contribution < 1.29 is 13.5 Å². The van der Waals surface area contributed by atoms with Gasteiger partial charge in [-0.25, -0.2) is 13.1 Å². The van der Waals surface area contributed by atoms with Crippen molar-refractivity contribution in [3.05, 3.63) is 28.8 Å². The number of nitrogens with one attached hydrogen (secondary N) is 1. The molecule has 0 saturated heterocycles. The van der Waals surface area contributed by atoms with E-state index in [2.05, 4.69) is 4.72 Å². The van der Waals surface area contributed by atoms with Crippen LogP contribution in [0.25, 0.3) is 0 Å². The molecular weight excluding hydrogens is 274 g/mol. The maximum Gasteiger partial charge on any atom is 0.240 e. The number of hydrogen-bond acceptors (Lipinski definition) is 3. The van der Waals surface area contributed by atoms with Crippen LogP contribution in [0.15, 0.2) is 23.1 Å². The Labute approximate surface area is 113 Å². The quantitative estimate of drug-likeness (QED) is 0.843. The third kappa shape index (κ3) is 4.24. The van der Waals surface area contributed by atoms with Crippen molar-refractivity contribution in [2.45, 2.75) is 37.7 Å². The van der Waals surface area contributed by atoms with Gasteiger partial charge in [0, 0.05) is 11.6 Å². The van der Waals surface area contributed by atoms with E-state index in [9.17, 15) is 13.5 Å². The number of halogens is 1. The maximum absolute atomic E-state index is 12.0. The maximum atomic E-state index is 12.0. The second-order valence-electron chi connectivity index (χ2n) is 4.16. The number of aliphatic hydroxyl groups excluding tert-OH is 1. The molecule has 0 bridgehead atoms. The summed E-state index contributed by atoms with van der Waals surface area (Å²) in [6.07, 6.45) is 0.529. The Hall–Kier alpha value is -0.620. The number of aliphatic hydroxyl groups is 1. The van der Waals surface area contributed by atoms with E-state index in [1.165, 1.54) is 6.07 Å². The van der Waals surface area contributed by atoms with Crippen molar-refractivity contribution in [1.29, 1.82) is 0 Å². The summed E-state index contributed by atoms with van der Waals surface area (Å²) in [4.78, 5) is 0.181. The summed E-state index contributed by atoms with van der Waals surface area (Å²) in [7, 11) is -3.56. The first-order valence-electron chi connectivity index (χ1n) is 5.80. The summed E-state index contributed by atoms with van der Waals surface area (Å²) >= 11 is 5.80. The van der Waals surface area contributed by atoms with Crippen LogP contribution in [-0.4, -0.2) is 26.2 Å². The summed E-state index contributed by atoms with van der Waals surface area (Å²) in [5, 5.41) is 9.75. The van der Waals surface area contributed by atoms with Gasteiger partial charge in [0.25, 0.3) is 0 Å². The minimum absolute atomic E-state index is 0.181. The molecule has 6 heteroatoms. The molecule has 4 nitrogen and oxygen atoms in total. The lowest BCUT2D eigenvalue weighted by Crippen LogP contribution is -2.27. The molecule has 1 aromatic carbocycles. The van der Waals surface area contributed by atoms with Crippen LogP contribution in [0, 0.1) is 6.92 Å². The summed E-state index contributed by atoms with van der Waals surface area (Å²) in [6.45, 7) is 3.77. The van der Waals surface area contributed by atoms with Gasteiger partial charge in [-0.3, -0.25) is 0 Å². The van der Waals surface area contributed by atoms with E-state index >= 15 is 0 Å². The Kier molecular flexibility index (Phi) is 5.59. The summed E-state index contributed by atoms with van der Waals surface area (Å²) in [5.41, 5.74) is 0.642. The predicted octanol–water partition coefficient (Wildman–Crippen LogP) is 2.09. The monoisotopic (exact) mass is 291 g/mol. The molecule has 0 fully saturated rings. The molecule has 18 heavy (non-hydrogen) atoms. The third-order valence-corrected chi connectivity index (χ3v) is 4.52. The molecule has 102 valence electrons. The van der Waals surface area contributed by atoms with Gasteiger partial charge in [0.2, 0.25) is 10.0 Å². The van der Waals surface area contributed by atoms with Crippen LogP contribution < -0.4 is 4.72 Å². The predicted molar refractivity (Wildman–Crippen MR) is 72.3 cm³/mol. The van der Waals surface area contributed by atoms with Gasteiger partial charge in [0.15, 0.2) is 0 Å². The average Bonchev–Trinajstić information content (AvgIpc) is 2.31. The number of aryl methyl sites for hydroxylation is 1. The molecule has 1 aromatic rings. The summed E-state index contributed by atoms with van der Waals surface area (Å²) in [6, 6.07) is 4.74. The fourth-order valence-corrected chi connectivity index (χ4v) is 3.06. The highest BCUT2D eigenvalue weighted by Crippen LogP contribution is 2.19. The van der Waals surface area contributed by atoms with E-state index in [4.69, 9.17) is 11.6 Å². The minimum atomic E-state index is -3.56. The molecule has 0 aliphatic carbocycles. The number of benzene rings is 1. The van der Waals surface area contributed by atoms with Crippen molar-refractivity contribution in [2.75, 3.05) is 6.54 Å². The second kappa shape index (κ2) is 6.52. The Bertz CT molecular complexity index is 502. The molecule has 1 rings (SSSR count). The van der Waals surface area contributed by atoms with Gasteiger partial charge in [-0.15, -0.1) is 0 Å². The first-order chi connectivity index (χ1) is 8.36. The van der Waals surface area contributed by atoms with E-state index in [-0.39, 0.29) is 11.4 Å². The molecule has 0 heterocycles. The second-order valence-corrected chi connectivity index (χ2v) is 6.33. The highest BCUT2D eigenvalue weighted by Gasteiger charge is 2.17. The molecular formula is C12H18ClNO3S. The average molecular weight is 292 g/mol. The van der Waals surface area contributed by atoms with Crippen LogP contribution in [-0.2, 0) is 10.0 Å². The SMILES string of the molecule is CCC(O)CCNS(=O)(=O)c1cc(Cl)ccc1C. The number of rotatable bonds is 6. The third-order valence-electron chi connectivity index (χ3n) is 2.68. The fourth-order valence-electron chi connectivity index (χ4n) is 1.51. The smallest absolute Gasteiger partial charge is 0.240 e. The van der Waals surface area contributed by atoms with E-state index in [1.54, 1.807) is 19.1 Å². The lowest BCUT2D eigenvalue weighted by atomic mass is 10.2. The Morgan fingerprint density at radius 1 is 1.44 bits per heavy atom. The van der Waals surface area contributed by atoms with Gasteiger partial charge in [-0.2, -0.15) is 0 Å². The zero-order valence-electron chi connectivity index (χ0n) is 10.5. The minimum Gasteiger partial charge on any atom is -0.393 e. The molecule has 0 amide bonds. The van der Waals surface area contributed by atoms with Gasteiger partial charge >= 0.3 is 0 Å². The first kappa shape index (κ1) is 15.4. The lowest BCUT2D eigenvalue weighted by molar-refractivity contribution is 0.162. The van der Waals surface area contributed by atoms with Crippen LogP contribution >= 0.6 is 11.6 Å². The van der Waals surface area contributed by atoms with Gasteiger partial charge in [0.05, 0.1) is 11.0 Å². The van der Waals surface area contributed by atoms with Gasteiger partial charge in [0.1, 0.15) is 0 Å². The van der Waals surface area contributed by atoms with Crippen LogP contribution in [0.2, 0.25) is 5.02 Å². The first-order valence-corrected chi connectivity index (χ1v) is 7.67. The number of sulfonamides is 1. The molecule has 0 aliphatic heterocycles. The molecule has 2 N–H and O–H groups in total. The zero-order valence-corrected chi connectivity index (χ0v) is 12.1. The fraction of sp³-hybridized carbons (Fsp3) is 0.500. The van der Waals surface area contributed by atoms with Gasteiger partial charge in [-0.05, 0) is 37.5 Å². The summed E-state index contributed by atoms with van der Waals surface area (Å²) < 4.78 is 26.5. The van der Waals surface area contributed by atoms with E-state index in [0.29, 0.717) is 23.4 Å². The van der Waals surface area contributed by atoms with Gasteiger partial charge in [-0.1, -0.05) is 24.6 Å². The van der Waals surface area contributed by atoms with Crippen LogP contribution in [0.4, 0.5) is 0 Å². The topological polar surface area (TPSA) is 66.4 Å². The van der Waals surface area contributed by atoms with Crippen LogP contribution in [0.3, 0.4) is 0 Å². The molecule has 1 unspecified atom stereocenters. The lowest BCUT2D eigenvalue weighted by Gasteiger charge is -2.11. The van der Waals surface area contributed by atoms with E-state index in [1.807, 2.05) is 6.92 Å². The van der Waals surface area contributed by atoms with Gasteiger partial charge < -0.3 is 5.11 Å². The highest BCUT2D eigenvalue weighted by atomic mass is 35.5. The zero-order chi connectivity index (χ0) is 13.8. The van der Waals surface area contributed by atoms with Crippen molar-refractivity contribution in [2.24, 2.45) is 0 Å². The molecule has 0 aromatic heterocycles. The van der Waals surface area contributed by atoms with Crippen molar-refractivity contribution in [1.82, 2.24) is 4.72 Å². The van der Waals surface area contributed by atoms with Crippen molar-refractivity contribution >= 4 is 21.6 Å². The molecule has 0 spiro atoms. The van der Waals surface area contributed by atoms with Crippen molar-refractivity contribution in [3.63, 3.8) is 0 Å². The molecule has 1 atom stereocenters. The molecule has 0 saturated carbocycles. The Morgan fingerprint density at radius 3 is 2.72 bits per heavy atom. The number of hydrogen-bond donors (Lipinski definition) is 2. The van der Waals surface area contributed by atoms with Crippen LogP contribution in [0.5, 0.6) is 0 Å². The van der Waals surface area contributed by atoms with E-state index in [0.717, 1.165) is 0 Å². The normalized spacial score (nSPS) is 13.6. The Morgan fingerprint density at radius 2 is 2.11 bits per heavy atom. The van der Waals surface area contributed by atoms with Crippen molar-refractivity contribution in [3.8, 4) is 0 Å². The largest absolute Gasteiger partial charge is 0.393 e.